The summed E-state index contributed by atoms with van der Waals surface area (Å²) in [5.74, 6) is -0.0927. The van der Waals surface area contributed by atoms with E-state index in [1.54, 1.807) is 0 Å². The predicted octanol–water partition coefficient (Wildman–Crippen LogP) is 1.81. The number of carbonyl (C=O) groups is 1. The van der Waals surface area contributed by atoms with Crippen LogP contribution >= 0.6 is 0 Å². The molecule has 0 aromatic rings. The number of carbonyl (C=O) groups excluding carboxylic acids is 1. The lowest BCUT2D eigenvalue weighted by atomic mass is 9.89. The molecule has 1 amide bonds. The summed E-state index contributed by atoms with van der Waals surface area (Å²) in [6.45, 7) is 5.41. The molecule has 1 spiro atoms. The molecule has 0 unspecified atom stereocenters. The average molecular weight is 237 g/mol. The summed E-state index contributed by atoms with van der Waals surface area (Å²) in [5.41, 5.74) is 0.990. The second-order valence-electron chi connectivity index (χ2n) is 5.17. The molecular formula is C13H19NO3. The van der Waals surface area contributed by atoms with Crippen LogP contribution in [-0.4, -0.2) is 35.8 Å². The summed E-state index contributed by atoms with van der Waals surface area (Å²) in [6, 6.07) is 0.316. The molecule has 94 valence electrons. The number of allylic oxidation sites excluding steroid dienone is 1. The van der Waals surface area contributed by atoms with Crippen molar-refractivity contribution in [2.75, 3.05) is 13.2 Å². The van der Waals surface area contributed by atoms with Gasteiger partial charge in [-0.1, -0.05) is 6.58 Å². The van der Waals surface area contributed by atoms with Crippen molar-refractivity contribution < 1.29 is 14.3 Å². The highest BCUT2D eigenvalue weighted by molar-refractivity contribution is 5.81. The van der Waals surface area contributed by atoms with E-state index in [9.17, 15) is 4.79 Å². The maximum atomic E-state index is 11.8. The number of likely N-dealkylation sites (tertiary alicyclic amines) is 1. The highest BCUT2D eigenvalue weighted by Gasteiger charge is 2.43. The third kappa shape index (κ3) is 1.89. The summed E-state index contributed by atoms with van der Waals surface area (Å²) >= 11 is 0. The van der Waals surface area contributed by atoms with Gasteiger partial charge in [0, 0.05) is 31.0 Å². The second-order valence-corrected chi connectivity index (χ2v) is 5.17. The predicted molar refractivity (Wildman–Crippen MR) is 62.1 cm³/mol. The fraction of sp³-hybridized carbons (Fsp3) is 0.769. The first-order valence-corrected chi connectivity index (χ1v) is 6.48. The van der Waals surface area contributed by atoms with Gasteiger partial charge in [0.05, 0.1) is 13.2 Å². The van der Waals surface area contributed by atoms with Gasteiger partial charge in [0.2, 0.25) is 5.91 Å². The third-order valence-electron chi connectivity index (χ3n) is 4.13. The minimum absolute atomic E-state index is 0.240. The molecule has 2 saturated heterocycles. The molecule has 4 heteroatoms. The van der Waals surface area contributed by atoms with Crippen LogP contribution in [0.25, 0.3) is 0 Å². The minimum Gasteiger partial charge on any atom is -0.348 e. The van der Waals surface area contributed by atoms with Crippen molar-refractivity contribution in [1.29, 1.82) is 0 Å². The molecular weight excluding hydrogens is 218 g/mol. The Kier molecular flexibility index (Phi) is 2.71. The standard InChI is InChI=1S/C13H19NO3/c1-10-2-3-12(15)14(10)11-4-6-13(7-5-11)16-8-9-17-13/h11H,1-9H2. The average Bonchev–Trinajstić information content (AvgIpc) is 2.90. The molecule has 0 atom stereocenters. The molecule has 0 aromatic heterocycles. The SMILES string of the molecule is C=C1CCC(=O)N1C1CCC2(CC1)OCCO2. The van der Waals surface area contributed by atoms with E-state index in [0.717, 1.165) is 37.8 Å². The van der Waals surface area contributed by atoms with Gasteiger partial charge < -0.3 is 14.4 Å². The van der Waals surface area contributed by atoms with Gasteiger partial charge in [-0.3, -0.25) is 4.79 Å². The van der Waals surface area contributed by atoms with Crippen LogP contribution in [0, 0.1) is 0 Å². The largest absolute Gasteiger partial charge is 0.348 e. The van der Waals surface area contributed by atoms with Gasteiger partial charge in [-0.2, -0.15) is 0 Å². The van der Waals surface area contributed by atoms with Crippen molar-refractivity contribution in [2.24, 2.45) is 0 Å². The van der Waals surface area contributed by atoms with E-state index in [1.165, 1.54) is 0 Å². The molecule has 0 N–H and O–H groups in total. The van der Waals surface area contributed by atoms with E-state index in [-0.39, 0.29) is 11.7 Å². The number of hydrogen-bond donors (Lipinski definition) is 0. The Labute approximate surface area is 102 Å². The maximum absolute atomic E-state index is 11.8. The Balaban J connectivity index is 1.64. The van der Waals surface area contributed by atoms with Gasteiger partial charge in [-0.25, -0.2) is 0 Å². The van der Waals surface area contributed by atoms with E-state index in [4.69, 9.17) is 9.47 Å². The van der Waals surface area contributed by atoms with Crippen LogP contribution < -0.4 is 0 Å². The molecule has 2 heterocycles. The van der Waals surface area contributed by atoms with Crippen molar-refractivity contribution in [2.45, 2.75) is 50.4 Å². The summed E-state index contributed by atoms with van der Waals surface area (Å²) in [4.78, 5) is 13.7. The molecule has 3 aliphatic rings. The fourth-order valence-corrected chi connectivity index (χ4v) is 3.22. The lowest BCUT2D eigenvalue weighted by molar-refractivity contribution is -0.183. The van der Waals surface area contributed by atoms with Crippen LogP contribution in [0.2, 0.25) is 0 Å². The van der Waals surface area contributed by atoms with Crippen LogP contribution in [0.5, 0.6) is 0 Å². The van der Waals surface area contributed by atoms with Gasteiger partial charge >= 0.3 is 0 Å². The minimum atomic E-state index is -0.333. The number of ether oxygens (including phenoxy) is 2. The molecule has 17 heavy (non-hydrogen) atoms. The zero-order valence-electron chi connectivity index (χ0n) is 10.1. The number of nitrogens with zero attached hydrogens (tertiary/aromatic N) is 1. The first-order valence-electron chi connectivity index (χ1n) is 6.48. The zero-order valence-corrected chi connectivity index (χ0v) is 10.1. The zero-order chi connectivity index (χ0) is 11.9. The van der Waals surface area contributed by atoms with Gasteiger partial charge in [-0.05, 0) is 19.3 Å². The molecule has 3 fully saturated rings. The van der Waals surface area contributed by atoms with Crippen molar-refractivity contribution >= 4 is 5.91 Å². The van der Waals surface area contributed by atoms with Gasteiger partial charge in [-0.15, -0.1) is 0 Å². The highest BCUT2D eigenvalue weighted by atomic mass is 16.7. The van der Waals surface area contributed by atoms with Crippen molar-refractivity contribution in [3.05, 3.63) is 12.3 Å². The van der Waals surface area contributed by atoms with E-state index in [0.29, 0.717) is 25.7 Å². The van der Waals surface area contributed by atoms with Gasteiger partial charge in [0.1, 0.15) is 0 Å². The number of hydrogen-bond acceptors (Lipinski definition) is 3. The molecule has 0 radical (unpaired) electrons. The van der Waals surface area contributed by atoms with E-state index >= 15 is 0 Å². The molecule has 4 nitrogen and oxygen atoms in total. The Morgan fingerprint density at radius 1 is 1.18 bits per heavy atom. The topological polar surface area (TPSA) is 38.8 Å². The lowest BCUT2D eigenvalue weighted by Crippen LogP contribution is -2.44. The van der Waals surface area contributed by atoms with Crippen LogP contribution in [-0.2, 0) is 14.3 Å². The summed E-state index contributed by atoms with van der Waals surface area (Å²) in [5, 5.41) is 0. The maximum Gasteiger partial charge on any atom is 0.227 e. The molecule has 3 rings (SSSR count). The Hall–Kier alpha value is -0.870. The van der Waals surface area contributed by atoms with Crippen LogP contribution in [0.3, 0.4) is 0 Å². The van der Waals surface area contributed by atoms with E-state index in [2.05, 4.69) is 6.58 Å². The monoisotopic (exact) mass is 237 g/mol. The normalized spacial score (nSPS) is 29.5. The Morgan fingerprint density at radius 3 is 2.35 bits per heavy atom. The van der Waals surface area contributed by atoms with Crippen molar-refractivity contribution in [1.82, 2.24) is 4.90 Å². The van der Waals surface area contributed by atoms with Crippen LogP contribution in [0.15, 0.2) is 12.3 Å². The molecule has 1 aliphatic carbocycles. The Morgan fingerprint density at radius 2 is 1.82 bits per heavy atom. The molecule has 0 aromatic carbocycles. The van der Waals surface area contributed by atoms with Crippen molar-refractivity contribution in [3.63, 3.8) is 0 Å². The number of amides is 1. The van der Waals surface area contributed by atoms with E-state index < -0.39 is 0 Å². The molecule has 0 bridgehead atoms. The summed E-state index contributed by atoms with van der Waals surface area (Å²) < 4.78 is 11.4. The lowest BCUT2D eigenvalue weighted by Gasteiger charge is -2.39. The van der Waals surface area contributed by atoms with Crippen LogP contribution in [0.4, 0.5) is 0 Å². The second kappa shape index (κ2) is 4.10. The smallest absolute Gasteiger partial charge is 0.227 e. The fourth-order valence-electron chi connectivity index (χ4n) is 3.22. The summed E-state index contributed by atoms with van der Waals surface area (Å²) in [7, 11) is 0. The first kappa shape index (κ1) is 11.2. The molecule has 2 aliphatic heterocycles. The first-order chi connectivity index (χ1) is 8.20. The van der Waals surface area contributed by atoms with Gasteiger partial charge in [0.25, 0.3) is 0 Å². The third-order valence-corrected chi connectivity index (χ3v) is 4.13. The summed E-state index contributed by atoms with van der Waals surface area (Å²) in [6.07, 6.45) is 5.18. The van der Waals surface area contributed by atoms with Crippen molar-refractivity contribution in [3.8, 4) is 0 Å². The quantitative estimate of drug-likeness (QED) is 0.698. The highest BCUT2D eigenvalue weighted by Crippen LogP contribution is 2.39. The Bertz CT molecular complexity index is 321. The van der Waals surface area contributed by atoms with E-state index in [1.807, 2.05) is 4.90 Å². The van der Waals surface area contributed by atoms with Gasteiger partial charge in [0.15, 0.2) is 5.79 Å². The molecule has 1 saturated carbocycles. The number of rotatable bonds is 1. The van der Waals surface area contributed by atoms with Crippen LogP contribution in [0.1, 0.15) is 38.5 Å².